The molecule has 4 aromatic rings. The van der Waals surface area contributed by atoms with Gasteiger partial charge in [0.05, 0.1) is 13.2 Å². The van der Waals surface area contributed by atoms with Crippen LogP contribution in [0.1, 0.15) is 40.1 Å². The average Bonchev–Trinajstić information content (AvgIpc) is 3.37. The Morgan fingerprint density at radius 2 is 1.87 bits per heavy atom. The van der Waals surface area contributed by atoms with Crippen LogP contribution < -0.4 is 24.8 Å². The normalized spacial score (nSPS) is 19.2. The Morgan fingerprint density at radius 1 is 1.02 bits per heavy atom. The molecule has 0 spiro atoms. The van der Waals surface area contributed by atoms with Gasteiger partial charge in [-0.25, -0.2) is 4.39 Å². The van der Waals surface area contributed by atoms with Crippen LogP contribution in [0.4, 0.5) is 4.39 Å². The van der Waals surface area contributed by atoms with Crippen LogP contribution in [0.5, 0.6) is 17.2 Å². The predicted molar refractivity (Wildman–Crippen MR) is 163 cm³/mol. The molecule has 4 bridgehead atoms. The number of hydrogen-bond acceptors (Lipinski definition) is 7. The van der Waals surface area contributed by atoms with E-state index in [-0.39, 0.29) is 49.4 Å². The molecule has 0 radical (unpaired) electrons. The van der Waals surface area contributed by atoms with Crippen molar-refractivity contribution >= 4 is 28.7 Å². The van der Waals surface area contributed by atoms with E-state index in [4.69, 9.17) is 18.6 Å². The van der Waals surface area contributed by atoms with Crippen molar-refractivity contribution in [3.8, 4) is 17.2 Å². The molecule has 0 saturated carbocycles. The maximum absolute atomic E-state index is 14.6. The highest BCUT2D eigenvalue weighted by Gasteiger charge is 2.36. The van der Waals surface area contributed by atoms with Crippen LogP contribution in [0.2, 0.25) is 0 Å². The first-order valence-electron chi connectivity index (χ1n) is 14.9. The van der Waals surface area contributed by atoms with Crippen molar-refractivity contribution in [2.24, 2.45) is 0 Å². The lowest BCUT2D eigenvalue weighted by atomic mass is 10.0. The molecule has 2 N–H and O–H groups in total. The Morgan fingerprint density at radius 3 is 2.69 bits per heavy atom. The minimum Gasteiger partial charge on any atom is -0.493 e. The number of furan rings is 1. The third kappa shape index (κ3) is 6.72. The Labute approximate surface area is 259 Å². The van der Waals surface area contributed by atoms with Gasteiger partial charge in [-0.05, 0) is 54.8 Å². The molecule has 2 aliphatic heterocycles. The fourth-order valence-electron chi connectivity index (χ4n) is 5.81. The smallest absolute Gasteiger partial charge is 0.289 e. The number of methoxy groups -OCH3 is 1. The molecule has 0 unspecified atom stereocenters. The van der Waals surface area contributed by atoms with Crippen LogP contribution in [0.25, 0.3) is 11.0 Å². The Kier molecular flexibility index (Phi) is 8.59. The van der Waals surface area contributed by atoms with E-state index in [1.165, 1.54) is 19.2 Å². The fraction of sp³-hybridized carbons (Fsp3) is 0.324. The van der Waals surface area contributed by atoms with Crippen LogP contribution >= 0.6 is 0 Å². The van der Waals surface area contributed by atoms with Crippen molar-refractivity contribution in [3.05, 3.63) is 88.9 Å². The minimum atomic E-state index is -0.651. The van der Waals surface area contributed by atoms with Gasteiger partial charge >= 0.3 is 0 Å². The van der Waals surface area contributed by atoms with Gasteiger partial charge < -0.3 is 34.2 Å². The molecule has 3 aromatic carbocycles. The molecule has 0 aliphatic carbocycles. The molecule has 6 rings (SSSR count). The summed E-state index contributed by atoms with van der Waals surface area (Å²) in [5, 5.41) is 6.67. The molecule has 1 aromatic heterocycles. The summed E-state index contributed by atoms with van der Waals surface area (Å²) in [6.07, 6.45) is 0.400. The van der Waals surface area contributed by atoms with Crippen LogP contribution in [-0.2, 0) is 22.6 Å². The van der Waals surface area contributed by atoms with Crippen LogP contribution in [-0.4, -0.2) is 61.6 Å². The molecule has 234 valence electrons. The van der Waals surface area contributed by atoms with Crippen LogP contribution in [0.15, 0.2) is 65.1 Å². The highest BCUT2D eigenvalue weighted by atomic mass is 19.1. The van der Waals surface area contributed by atoms with Gasteiger partial charge in [-0.1, -0.05) is 24.3 Å². The molecular formula is C34H34FN3O7. The summed E-state index contributed by atoms with van der Waals surface area (Å²) in [4.78, 5) is 41.1. The second-order valence-electron chi connectivity index (χ2n) is 11.3. The molecule has 11 heteroatoms. The molecule has 1 fully saturated rings. The Bertz CT molecular complexity index is 1750. The Balaban J connectivity index is 1.28. The van der Waals surface area contributed by atoms with Crippen molar-refractivity contribution < 1.29 is 37.4 Å². The standard InChI is InChI=1S/C34H34FN3O7/c1-20-25-5-3-4-6-27(25)45-33(20)34(41)38-12-11-28-26(18-38)37-32(40)19-43-30-15-21(7-9-29(30)42-2)8-10-31(39)36-17-22-13-23(35)16-24(14-22)44-28/h3-7,9,13-16,26,28H,8,10-12,17-19H2,1-2H3,(H,36,39)(H,37,40)/t26-,28-/m1/s1. The third-order valence-electron chi connectivity index (χ3n) is 8.16. The number of carbonyl (C=O) groups is 3. The lowest BCUT2D eigenvalue weighted by Crippen LogP contribution is -2.58. The van der Waals surface area contributed by atoms with E-state index in [0.29, 0.717) is 42.0 Å². The summed E-state index contributed by atoms with van der Waals surface area (Å²) >= 11 is 0. The second kappa shape index (κ2) is 12.9. The zero-order chi connectivity index (χ0) is 31.5. The van der Waals surface area contributed by atoms with Crippen molar-refractivity contribution in [3.63, 3.8) is 0 Å². The van der Waals surface area contributed by atoms with E-state index < -0.39 is 23.9 Å². The number of hydrogen-bond donors (Lipinski definition) is 2. The summed E-state index contributed by atoms with van der Waals surface area (Å²) in [5.41, 5.74) is 2.72. The second-order valence-corrected chi connectivity index (χ2v) is 11.3. The van der Waals surface area contributed by atoms with Gasteiger partial charge in [0.1, 0.15) is 23.3 Å². The summed E-state index contributed by atoms with van der Waals surface area (Å²) in [6.45, 7) is 2.09. The number of nitrogens with zero attached hydrogens (tertiary/aromatic N) is 1. The van der Waals surface area contributed by atoms with Crippen molar-refractivity contribution in [1.29, 1.82) is 0 Å². The van der Waals surface area contributed by atoms with Gasteiger partial charge in [0.15, 0.2) is 23.9 Å². The highest BCUT2D eigenvalue weighted by molar-refractivity contribution is 5.99. The zero-order valence-corrected chi connectivity index (χ0v) is 25.1. The van der Waals surface area contributed by atoms with Crippen molar-refractivity contribution in [1.82, 2.24) is 15.5 Å². The first-order chi connectivity index (χ1) is 21.8. The van der Waals surface area contributed by atoms with Crippen LogP contribution in [0.3, 0.4) is 0 Å². The largest absolute Gasteiger partial charge is 0.493 e. The number of halogens is 1. The van der Waals surface area contributed by atoms with Crippen LogP contribution in [0, 0.1) is 12.7 Å². The maximum Gasteiger partial charge on any atom is 0.289 e. The van der Waals surface area contributed by atoms with E-state index in [1.54, 1.807) is 23.1 Å². The molecule has 45 heavy (non-hydrogen) atoms. The number of likely N-dealkylation sites (tertiary alicyclic amines) is 1. The van der Waals surface area contributed by atoms with E-state index in [9.17, 15) is 18.8 Å². The molecule has 2 atom stereocenters. The van der Waals surface area contributed by atoms with Gasteiger partial charge in [0, 0.05) is 49.5 Å². The summed E-state index contributed by atoms with van der Waals surface area (Å²) in [7, 11) is 1.50. The van der Waals surface area contributed by atoms with E-state index in [1.807, 2.05) is 37.3 Å². The topological polar surface area (TPSA) is 119 Å². The summed E-state index contributed by atoms with van der Waals surface area (Å²) in [6, 6.07) is 16.4. The van der Waals surface area contributed by atoms with E-state index in [0.717, 1.165) is 16.5 Å². The monoisotopic (exact) mass is 615 g/mol. The SMILES string of the molecule is COc1ccc2cc1OCC(=O)N[C@@H]1CN(C(=O)c3oc4ccccc4c3C)CC[C@H]1Oc1cc(F)cc(c1)CNC(=O)CC2. The molecule has 2 aliphatic rings. The number of carbonyl (C=O) groups excluding carboxylic acids is 3. The van der Waals surface area contributed by atoms with Gasteiger partial charge in [0.2, 0.25) is 5.91 Å². The maximum atomic E-state index is 14.6. The van der Waals surface area contributed by atoms with Gasteiger partial charge in [0.25, 0.3) is 11.8 Å². The number of rotatable bonds is 2. The molecular weight excluding hydrogens is 581 g/mol. The van der Waals surface area contributed by atoms with Gasteiger partial charge in [-0.15, -0.1) is 0 Å². The average molecular weight is 616 g/mol. The molecule has 3 heterocycles. The van der Waals surface area contributed by atoms with E-state index >= 15 is 0 Å². The van der Waals surface area contributed by atoms with Crippen molar-refractivity contribution in [2.45, 2.75) is 44.9 Å². The highest BCUT2D eigenvalue weighted by Crippen LogP contribution is 2.30. The Hall–Kier alpha value is -5.06. The quantitative estimate of drug-likeness (QED) is 0.345. The first-order valence-corrected chi connectivity index (χ1v) is 14.9. The summed E-state index contributed by atoms with van der Waals surface area (Å²) < 4.78 is 38.1. The van der Waals surface area contributed by atoms with E-state index in [2.05, 4.69) is 10.6 Å². The number of benzene rings is 3. The summed E-state index contributed by atoms with van der Waals surface area (Å²) in [5.74, 6) is -0.125. The van der Waals surface area contributed by atoms with Gasteiger partial charge in [-0.3, -0.25) is 14.4 Å². The first kappa shape index (κ1) is 30.0. The number of nitrogens with one attached hydrogen (secondary N) is 2. The number of amides is 3. The molecule has 1 saturated heterocycles. The van der Waals surface area contributed by atoms with Crippen molar-refractivity contribution in [2.75, 3.05) is 26.8 Å². The number of piperidine rings is 1. The zero-order valence-electron chi connectivity index (χ0n) is 25.1. The third-order valence-corrected chi connectivity index (χ3v) is 8.16. The lowest BCUT2D eigenvalue weighted by molar-refractivity contribution is -0.125. The fourth-order valence-corrected chi connectivity index (χ4v) is 5.81. The minimum absolute atomic E-state index is 0.119. The molecule has 3 amide bonds. The number of para-hydroxylation sites is 1. The predicted octanol–water partition coefficient (Wildman–Crippen LogP) is 4.31. The number of ether oxygens (including phenoxy) is 3. The molecule has 10 nitrogen and oxygen atoms in total. The number of aryl methyl sites for hydroxylation is 2. The number of fused-ring (bicyclic) bond motifs is 6. The lowest BCUT2D eigenvalue weighted by Gasteiger charge is -2.38. The van der Waals surface area contributed by atoms with Gasteiger partial charge in [-0.2, -0.15) is 0 Å².